The van der Waals surface area contributed by atoms with E-state index in [2.05, 4.69) is 16.0 Å². The van der Waals surface area contributed by atoms with E-state index in [1.165, 1.54) is 0 Å². The van der Waals surface area contributed by atoms with E-state index in [0.717, 1.165) is 0 Å². The van der Waals surface area contributed by atoms with Crippen LogP contribution in [0.25, 0.3) is 0 Å². The zero-order valence-corrected chi connectivity index (χ0v) is 13.4. The molecule has 21 heavy (non-hydrogen) atoms. The van der Waals surface area contributed by atoms with Crippen LogP contribution in [0.3, 0.4) is 0 Å². The van der Waals surface area contributed by atoms with Gasteiger partial charge in [0.2, 0.25) is 5.91 Å². The van der Waals surface area contributed by atoms with Gasteiger partial charge in [0, 0.05) is 25.8 Å². The van der Waals surface area contributed by atoms with Gasteiger partial charge in [-0.25, -0.2) is 4.79 Å². The minimum Gasteiger partial charge on any atom is -0.343 e. The maximum atomic E-state index is 12.0. The van der Waals surface area contributed by atoms with Gasteiger partial charge in [-0.1, -0.05) is 18.2 Å². The molecule has 1 atom stereocenters. The van der Waals surface area contributed by atoms with Crippen molar-refractivity contribution in [1.29, 1.82) is 0 Å². The van der Waals surface area contributed by atoms with Crippen LogP contribution in [-0.4, -0.2) is 50.1 Å². The predicted molar refractivity (Wildman–Crippen MR) is 86.9 cm³/mol. The lowest BCUT2D eigenvalue weighted by Gasteiger charge is -2.22. The van der Waals surface area contributed by atoms with Crippen molar-refractivity contribution in [3.8, 4) is 0 Å². The second-order valence-corrected chi connectivity index (χ2v) is 4.55. The molecule has 0 spiro atoms. The van der Waals surface area contributed by atoms with Crippen molar-refractivity contribution < 1.29 is 9.59 Å². The molecule has 1 rings (SSSR count). The zero-order valence-electron chi connectivity index (χ0n) is 12.6. The molecule has 6 nitrogen and oxygen atoms in total. The molecule has 0 aliphatic heterocycles. The molecule has 0 saturated carbocycles. The number of urea groups is 1. The molecule has 118 valence electrons. The van der Waals surface area contributed by atoms with E-state index in [1.807, 2.05) is 25.2 Å². The van der Waals surface area contributed by atoms with Crippen LogP contribution in [0.15, 0.2) is 30.3 Å². The lowest BCUT2D eigenvalue weighted by atomic mass is 10.3. The van der Waals surface area contributed by atoms with Crippen LogP contribution in [0.4, 0.5) is 10.5 Å². The number of para-hydroxylation sites is 1. The number of likely N-dealkylation sites (N-methyl/N-ethyl adjacent to an activating group) is 2. The Morgan fingerprint density at radius 1 is 1.24 bits per heavy atom. The molecule has 1 unspecified atom stereocenters. The minimum atomic E-state index is -0.569. The lowest BCUT2D eigenvalue weighted by molar-refractivity contribution is -0.131. The number of halogens is 1. The van der Waals surface area contributed by atoms with Gasteiger partial charge in [0.25, 0.3) is 0 Å². The molecular formula is C14H23ClN4O2. The number of anilines is 1. The first-order valence-corrected chi connectivity index (χ1v) is 6.56. The van der Waals surface area contributed by atoms with Crippen LogP contribution in [-0.2, 0) is 4.79 Å². The van der Waals surface area contributed by atoms with Crippen molar-refractivity contribution in [2.75, 3.05) is 32.5 Å². The largest absolute Gasteiger partial charge is 0.343 e. The topological polar surface area (TPSA) is 73.5 Å². The number of amides is 3. The van der Waals surface area contributed by atoms with Crippen molar-refractivity contribution in [3.63, 3.8) is 0 Å². The summed E-state index contributed by atoms with van der Waals surface area (Å²) < 4.78 is 0. The van der Waals surface area contributed by atoms with Crippen LogP contribution in [0.1, 0.15) is 6.92 Å². The fraction of sp³-hybridized carbons (Fsp3) is 0.429. The first kappa shape index (κ1) is 19.2. The fourth-order valence-electron chi connectivity index (χ4n) is 1.67. The lowest BCUT2D eigenvalue weighted by Crippen LogP contribution is -2.48. The van der Waals surface area contributed by atoms with Crippen molar-refractivity contribution in [1.82, 2.24) is 15.5 Å². The average Bonchev–Trinajstić information content (AvgIpc) is 2.44. The third kappa shape index (κ3) is 6.97. The van der Waals surface area contributed by atoms with Gasteiger partial charge in [-0.3, -0.25) is 4.79 Å². The quantitative estimate of drug-likeness (QED) is 0.741. The van der Waals surface area contributed by atoms with E-state index >= 15 is 0 Å². The summed E-state index contributed by atoms with van der Waals surface area (Å²) in [7, 11) is 3.54. The Hall–Kier alpha value is -1.79. The fourth-order valence-corrected chi connectivity index (χ4v) is 1.67. The number of nitrogens with one attached hydrogen (secondary N) is 3. The summed E-state index contributed by atoms with van der Waals surface area (Å²) in [6, 6.07) is 8.13. The van der Waals surface area contributed by atoms with E-state index in [9.17, 15) is 9.59 Å². The number of rotatable bonds is 6. The number of benzene rings is 1. The van der Waals surface area contributed by atoms with Crippen LogP contribution < -0.4 is 16.0 Å². The van der Waals surface area contributed by atoms with Crippen LogP contribution >= 0.6 is 12.4 Å². The molecular weight excluding hydrogens is 292 g/mol. The summed E-state index contributed by atoms with van der Waals surface area (Å²) in [6.45, 7) is 2.98. The molecule has 1 aromatic carbocycles. The number of carbonyl (C=O) groups is 2. The normalized spacial score (nSPS) is 11.0. The highest BCUT2D eigenvalue weighted by Gasteiger charge is 2.18. The van der Waals surface area contributed by atoms with Gasteiger partial charge in [0.1, 0.15) is 6.04 Å². The summed E-state index contributed by atoms with van der Waals surface area (Å²) in [5.41, 5.74) is 0.688. The number of carbonyl (C=O) groups excluding carboxylic acids is 2. The molecule has 0 saturated heterocycles. The first-order valence-electron chi connectivity index (χ1n) is 6.56. The Kier molecular flexibility index (Phi) is 9.16. The van der Waals surface area contributed by atoms with Crippen LogP contribution in [0.5, 0.6) is 0 Å². The molecule has 0 heterocycles. The molecule has 0 aliphatic rings. The summed E-state index contributed by atoms with van der Waals surface area (Å²) in [4.78, 5) is 25.3. The standard InChI is InChI=1S/C14H22N4O2.ClH/c1-11(13(19)18(3)10-9-15-2)16-14(20)17-12-7-5-4-6-8-12;/h4-8,11,15H,9-10H2,1-3H3,(H2,16,17,20);1H. The second-order valence-electron chi connectivity index (χ2n) is 4.55. The minimum absolute atomic E-state index is 0. The first-order chi connectivity index (χ1) is 9.54. The number of hydrogen-bond acceptors (Lipinski definition) is 3. The zero-order chi connectivity index (χ0) is 15.0. The summed E-state index contributed by atoms with van der Waals surface area (Å²) in [5.74, 6) is -0.122. The molecule has 0 aliphatic carbocycles. The Labute approximate surface area is 131 Å². The van der Waals surface area contributed by atoms with E-state index in [-0.39, 0.29) is 24.3 Å². The van der Waals surface area contributed by atoms with E-state index in [4.69, 9.17) is 0 Å². The van der Waals surface area contributed by atoms with Crippen LogP contribution in [0, 0.1) is 0 Å². The van der Waals surface area contributed by atoms with E-state index < -0.39 is 6.04 Å². The van der Waals surface area contributed by atoms with Gasteiger partial charge >= 0.3 is 6.03 Å². The third-order valence-electron chi connectivity index (χ3n) is 2.82. The Morgan fingerprint density at radius 2 is 1.86 bits per heavy atom. The highest BCUT2D eigenvalue weighted by Crippen LogP contribution is 2.04. The summed E-state index contributed by atoms with van der Waals surface area (Å²) >= 11 is 0. The molecule has 3 amide bonds. The molecule has 1 aromatic rings. The maximum absolute atomic E-state index is 12.0. The van der Waals surface area contributed by atoms with E-state index in [0.29, 0.717) is 18.8 Å². The Morgan fingerprint density at radius 3 is 2.43 bits per heavy atom. The van der Waals surface area contributed by atoms with Gasteiger partial charge in [-0.2, -0.15) is 0 Å². The number of nitrogens with zero attached hydrogens (tertiary/aromatic N) is 1. The summed E-state index contributed by atoms with van der Waals surface area (Å²) in [6.07, 6.45) is 0. The van der Waals surface area contributed by atoms with Gasteiger partial charge in [-0.15, -0.1) is 12.4 Å². The van der Waals surface area contributed by atoms with Gasteiger partial charge in [0.05, 0.1) is 0 Å². The Bertz CT molecular complexity index is 442. The SMILES string of the molecule is CNCCN(C)C(=O)C(C)NC(=O)Nc1ccccc1.Cl. The monoisotopic (exact) mass is 314 g/mol. The molecule has 0 fully saturated rings. The predicted octanol–water partition coefficient (Wildman–Crippen LogP) is 1.30. The second kappa shape index (κ2) is 10.0. The maximum Gasteiger partial charge on any atom is 0.319 e. The average molecular weight is 315 g/mol. The summed E-state index contributed by atoms with van der Waals surface area (Å²) in [5, 5.41) is 8.27. The molecule has 7 heteroatoms. The van der Waals surface area contributed by atoms with Gasteiger partial charge in [-0.05, 0) is 26.1 Å². The molecule has 0 aromatic heterocycles. The van der Waals surface area contributed by atoms with Crippen molar-refractivity contribution in [2.24, 2.45) is 0 Å². The Balaban J connectivity index is 0.00000400. The van der Waals surface area contributed by atoms with Crippen molar-refractivity contribution >= 4 is 30.0 Å². The van der Waals surface area contributed by atoms with Gasteiger partial charge in [0.15, 0.2) is 0 Å². The molecule has 0 bridgehead atoms. The number of hydrogen-bond donors (Lipinski definition) is 3. The van der Waals surface area contributed by atoms with Crippen molar-refractivity contribution in [3.05, 3.63) is 30.3 Å². The highest BCUT2D eigenvalue weighted by atomic mass is 35.5. The smallest absolute Gasteiger partial charge is 0.319 e. The highest BCUT2D eigenvalue weighted by molar-refractivity contribution is 5.93. The molecule has 3 N–H and O–H groups in total. The molecule has 0 radical (unpaired) electrons. The van der Waals surface area contributed by atoms with Gasteiger partial charge < -0.3 is 20.9 Å². The third-order valence-corrected chi connectivity index (χ3v) is 2.82. The van der Waals surface area contributed by atoms with Crippen LogP contribution in [0.2, 0.25) is 0 Å². The van der Waals surface area contributed by atoms with Crippen molar-refractivity contribution in [2.45, 2.75) is 13.0 Å². The van der Waals surface area contributed by atoms with E-state index in [1.54, 1.807) is 31.0 Å².